The number of hydrogen-bond donors (Lipinski definition) is 0. The molecule has 0 saturated carbocycles. The van der Waals surface area contributed by atoms with Crippen molar-refractivity contribution in [2.24, 2.45) is 11.8 Å². The monoisotopic (exact) mass is 442 g/mol. The highest BCUT2D eigenvalue weighted by Crippen LogP contribution is 2.36. The van der Waals surface area contributed by atoms with Gasteiger partial charge in [0.15, 0.2) is 23.0 Å². The Labute approximate surface area is 186 Å². The second-order valence-electron chi connectivity index (χ2n) is 7.91. The van der Waals surface area contributed by atoms with Crippen LogP contribution in [0.2, 0.25) is 0 Å². The second-order valence-corrected chi connectivity index (χ2v) is 7.91. The molecular formula is C24H26O8. The quantitative estimate of drug-likeness (QED) is 0.547. The van der Waals surface area contributed by atoms with Crippen LogP contribution < -0.4 is 18.9 Å². The first kappa shape index (κ1) is 21.8. The first-order valence-electron chi connectivity index (χ1n) is 10.5. The van der Waals surface area contributed by atoms with Gasteiger partial charge in [0.05, 0.1) is 13.2 Å². The van der Waals surface area contributed by atoms with Crippen LogP contribution in [0.25, 0.3) is 0 Å². The van der Waals surface area contributed by atoms with E-state index in [0.717, 1.165) is 11.1 Å². The molecule has 2 aliphatic rings. The van der Waals surface area contributed by atoms with Crippen LogP contribution in [0.3, 0.4) is 0 Å². The number of hydrogen-bond acceptors (Lipinski definition) is 8. The Bertz CT molecular complexity index is 906. The number of ether oxygens (including phenoxy) is 6. The van der Waals surface area contributed by atoms with E-state index in [0.29, 0.717) is 35.8 Å². The van der Waals surface area contributed by atoms with Crippen LogP contribution in [0.5, 0.6) is 23.0 Å². The third-order valence-electron chi connectivity index (χ3n) is 5.54. The number of rotatable bonds is 9. The highest BCUT2D eigenvalue weighted by Gasteiger charge is 2.27. The lowest BCUT2D eigenvalue weighted by atomic mass is 9.83. The maximum atomic E-state index is 11.6. The predicted octanol–water partition coefficient (Wildman–Crippen LogP) is 3.29. The van der Waals surface area contributed by atoms with E-state index in [1.54, 1.807) is 0 Å². The number of carbonyl (C=O) groups excluding carboxylic acids is 2. The van der Waals surface area contributed by atoms with Gasteiger partial charge in [0, 0.05) is 25.7 Å². The van der Waals surface area contributed by atoms with Crippen molar-refractivity contribution in [1.82, 2.24) is 0 Å². The molecule has 0 aliphatic carbocycles. The number of esters is 2. The van der Waals surface area contributed by atoms with Crippen LogP contribution in [0.1, 0.15) is 25.0 Å². The van der Waals surface area contributed by atoms with Crippen LogP contribution in [-0.2, 0) is 31.9 Å². The molecule has 32 heavy (non-hydrogen) atoms. The summed E-state index contributed by atoms with van der Waals surface area (Å²) in [4.78, 5) is 23.1. The number of fused-ring (bicyclic) bond motifs is 2. The predicted molar refractivity (Wildman–Crippen MR) is 113 cm³/mol. The molecule has 2 heterocycles. The average Bonchev–Trinajstić information content (AvgIpc) is 3.42. The van der Waals surface area contributed by atoms with E-state index in [1.165, 1.54) is 13.8 Å². The zero-order chi connectivity index (χ0) is 22.5. The van der Waals surface area contributed by atoms with Crippen LogP contribution in [-0.4, -0.2) is 38.7 Å². The fourth-order valence-corrected chi connectivity index (χ4v) is 3.91. The third kappa shape index (κ3) is 5.43. The fourth-order valence-electron chi connectivity index (χ4n) is 3.91. The van der Waals surface area contributed by atoms with E-state index >= 15 is 0 Å². The normalized spacial score (nSPS) is 15.2. The molecule has 2 aliphatic heterocycles. The molecule has 8 heteroatoms. The Morgan fingerprint density at radius 3 is 1.53 bits per heavy atom. The Morgan fingerprint density at radius 1 is 0.719 bits per heavy atom. The van der Waals surface area contributed by atoms with Crippen molar-refractivity contribution in [2.45, 2.75) is 26.7 Å². The van der Waals surface area contributed by atoms with Gasteiger partial charge in [-0.1, -0.05) is 12.1 Å². The SMILES string of the molecule is CC(=O)OC[C@H](Cc1ccc2c(c1)OCO2)[C@H](COC(C)=O)Cc1ccc2c(c1)OCO2. The van der Waals surface area contributed by atoms with Crippen molar-refractivity contribution in [3.8, 4) is 23.0 Å². The molecule has 0 saturated heterocycles. The maximum Gasteiger partial charge on any atom is 0.302 e. The molecule has 4 rings (SSSR count). The summed E-state index contributed by atoms with van der Waals surface area (Å²) >= 11 is 0. The van der Waals surface area contributed by atoms with Crippen LogP contribution in [0, 0.1) is 11.8 Å². The Kier molecular flexibility index (Phi) is 6.68. The molecule has 2 aromatic carbocycles. The van der Waals surface area contributed by atoms with Gasteiger partial charge in [-0.25, -0.2) is 0 Å². The second kappa shape index (κ2) is 9.80. The smallest absolute Gasteiger partial charge is 0.302 e. The molecule has 2 atom stereocenters. The highest BCUT2D eigenvalue weighted by molar-refractivity contribution is 5.66. The van der Waals surface area contributed by atoms with Gasteiger partial charge in [-0.15, -0.1) is 0 Å². The van der Waals surface area contributed by atoms with Crippen molar-refractivity contribution in [3.63, 3.8) is 0 Å². The molecule has 0 aromatic heterocycles. The largest absolute Gasteiger partial charge is 0.466 e. The van der Waals surface area contributed by atoms with Gasteiger partial charge in [-0.05, 0) is 48.2 Å². The van der Waals surface area contributed by atoms with Gasteiger partial charge < -0.3 is 28.4 Å². The fraction of sp³-hybridized carbons (Fsp3) is 0.417. The zero-order valence-corrected chi connectivity index (χ0v) is 18.1. The zero-order valence-electron chi connectivity index (χ0n) is 18.1. The molecule has 0 radical (unpaired) electrons. The summed E-state index contributed by atoms with van der Waals surface area (Å²) < 4.78 is 32.6. The highest BCUT2D eigenvalue weighted by atomic mass is 16.7. The van der Waals surface area contributed by atoms with Crippen LogP contribution in [0.15, 0.2) is 36.4 Å². The summed E-state index contributed by atoms with van der Waals surface area (Å²) in [6, 6.07) is 11.6. The van der Waals surface area contributed by atoms with E-state index in [2.05, 4.69) is 0 Å². The van der Waals surface area contributed by atoms with E-state index in [4.69, 9.17) is 28.4 Å². The van der Waals surface area contributed by atoms with Crippen LogP contribution in [0.4, 0.5) is 0 Å². The minimum absolute atomic E-state index is 0.0935. The first-order chi connectivity index (χ1) is 15.5. The van der Waals surface area contributed by atoms with E-state index < -0.39 is 0 Å². The minimum atomic E-state index is -0.352. The van der Waals surface area contributed by atoms with Gasteiger partial charge in [0.1, 0.15) is 0 Å². The lowest BCUT2D eigenvalue weighted by molar-refractivity contribution is -0.147. The molecule has 0 fully saturated rings. The standard InChI is InChI=1S/C24H26O8/c1-15(25)27-11-19(7-17-3-5-21-23(9-17)31-13-29-21)20(12-28-16(2)26)8-18-4-6-22-24(10-18)32-14-30-22/h3-6,9-10,19-20H,7-8,11-14H2,1-2H3/t19-,20-/m0/s1. The number of carbonyl (C=O) groups is 2. The topological polar surface area (TPSA) is 89.5 Å². The molecule has 0 amide bonds. The Hall–Kier alpha value is -3.42. The lowest BCUT2D eigenvalue weighted by Gasteiger charge is -2.27. The van der Waals surface area contributed by atoms with E-state index in [1.807, 2.05) is 36.4 Å². The molecule has 0 spiro atoms. The maximum absolute atomic E-state index is 11.6. The summed E-state index contributed by atoms with van der Waals surface area (Å²) in [5, 5.41) is 0. The lowest BCUT2D eigenvalue weighted by Crippen LogP contribution is -2.29. The number of benzene rings is 2. The van der Waals surface area contributed by atoms with Crippen LogP contribution >= 0.6 is 0 Å². The van der Waals surface area contributed by atoms with Crippen molar-refractivity contribution in [2.75, 3.05) is 26.8 Å². The van der Waals surface area contributed by atoms with Gasteiger partial charge in [0.25, 0.3) is 0 Å². The van der Waals surface area contributed by atoms with Crippen molar-refractivity contribution in [3.05, 3.63) is 47.5 Å². The molecule has 2 aromatic rings. The van der Waals surface area contributed by atoms with Crippen molar-refractivity contribution >= 4 is 11.9 Å². The molecule has 0 unspecified atom stereocenters. The Morgan fingerprint density at radius 2 is 1.12 bits per heavy atom. The van der Waals surface area contributed by atoms with Gasteiger partial charge >= 0.3 is 11.9 Å². The van der Waals surface area contributed by atoms with Gasteiger partial charge in [0.2, 0.25) is 13.6 Å². The summed E-state index contributed by atoms with van der Waals surface area (Å²) in [5.74, 6) is 1.92. The molecule has 0 bridgehead atoms. The van der Waals surface area contributed by atoms with Gasteiger partial charge in [-0.2, -0.15) is 0 Å². The van der Waals surface area contributed by atoms with Crippen molar-refractivity contribution < 1.29 is 38.0 Å². The summed E-state index contributed by atoms with van der Waals surface area (Å²) in [6.07, 6.45) is 1.22. The molecular weight excluding hydrogens is 416 g/mol. The summed E-state index contributed by atoms with van der Waals surface area (Å²) in [5.41, 5.74) is 2.04. The molecule has 0 N–H and O–H groups in total. The average molecular weight is 442 g/mol. The third-order valence-corrected chi connectivity index (χ3v) is 5.54. The first-order valence-corrected chi connectivity index (χ1v) is 10.5. The van der Waals surface area contributed by atoms with Gasteiger partial charge in [-0.3, -0.25) is 9.59 Å². The Balaban J connectivity index is 1.56. The summed E-state index contributed by atoms with van der Waals surface area (Å²) in [7, 11) is 0. The molecule has 170 valence electrons. The summed E-state index contributed by atoms with van der Waals surface area (Å²) in [6.45, 7) is 3.59. The van der Waals surface area contributed by atoms with Crippen molar-refractivity contribution in [1.29, 1.82) is 0 Å². The van der Waals surface area contributed by atoms with E-state index in [-0.39, 0.29) is 50.6 Å². The van der Waals surface area contributed by atoms with E-state index in [9.17, 15) is 9.59 Å². The minimum Gasteiger partial charge on any atom is -0.466 e. The molecule has 8 nitrogen and oxygen atoms in total.